The van der Waals surface area contributed by atoms with Gasteiger partial charge in [-0.25, -0.2) is 0 Å². The Kier molecular flexibility index (Phi) is 7.22. The smallest absolute Gasteiger partial charge is 0.225 e. The summed E-state index contributed by atoms with van der Waals surface area (Å²) < 4.78 is 0.810. The van der Waals surface area contributed by atoms with Crippen LogP contribution in [0.5, 0.6) is 0 Å². The highest BCUT2D eigenvalue weighted by molar-refractivity contribution is 8.01. The number of anilines is 3. The number of carbonyl (C=O) groups is 1. The van der Waals surface area contributed by atoms with E-state index in [0.717, 1.165) is 21.6 Å². The van der Waals surface area contributed by atoms with E-state index in [1.807, 2.05) is 0 Å². The molecule has 3 aromatic rings. The zero-order valence-corrected chi connectivity index (χ0v) is 17.9. The quantitative estimate of drug-likeness (QED) is 0.487. The van der Waals surface area contributed by atoms with Gasteiger partial charge in [0.05, 0.1) is 11.3 Å². The van der Waals surface area contributed by atoms with Crippen LogP contribution in [0.4, 0.5) is 16.5 Å². The summed E-state index contributed by atoms with van der Waals surface area (Å²) in [4.78, 5) is 12.1. The van der Waals surface area contributed by atoms with E-state index in [-0.39, 0.29) is 5.91 Å². The van der Waals surface area contributed by atoms with Gasteiger partial charge < -0.3 is 10.6 Å². The topological polar surface area (TPSA) is 90.7 Å². The average Bonchev–Trinajstić information content (AvgIpc) is 3.17. The molecular formula is C21H21N5OS2. The van der Waals surface area contributed by atoms with Crippen molar-refractivity contribution in [1.29, 1.82) is 5.26 Å². The molecule has 1 amide bonds. The number of amides is 1. The number of nitrogens with zero attached hydrogens (tertiary/aromatic N) is 3. The Labute approximate surface area is 178 Å². The zero-order valence-electron chi connectivity index (χ0n) is 16.2. The Morgan fingerprint density at radius 1 is 1.21 bits per heavy atom. The molecule has 8 heteroatoms. The van der Waals surface area contributed by atoms with E-state index >= 15 is 0 Å². The third-order valence-electron chi connectivity index (χ3n) is 4.25. The lowest BCUT2D eigenvalue weighted by Crippen LogP contribution is -2.13. The van der Waals surface area contributed by atoms with Crippen LogP contribution in [0.1, 0.15) is 30.0 Å². The van der Waals surface area contributed by atoms with Crippen molar-refractivity contribution in [3.8, 4) is 6.07 Å². The van der Waals surface area contributed by atoms with Crippen molar-refractivity contribution in [3.63, 3.8) is 0 Å². The van der Waals surface area contributed by atoms with E-state index in [4.69, 9.17) is 5.26 Å². The standard InChI is InChI=1S/C21H21N5OS2/c1-3-15-9-6-7-14(2)19(15)24-20-25-26-21(29-20)28-12-11-18(27)23-17-10-5-4-8-16(17)13-22/h4-10H,3,11-12H2,1-2H3,(H,23,27)(H,24,25). The van der Waals surface area contributed by atoms with E-state index in [1.165, 1.54) is 34.2 Å². The summed E-state index contributed by atoms with van der Waals surface area (Å²) in [6.07, 6.45) is 1.26. The van der Waals surface area contributed by atoms with E-state index < -0.39 is 0 Å². The van der Waals surface area contributed by atoms with Crippen LogP contribution in [0, 0.1) is 18.3 Å². The first-order valence-electron chi connectivity index (χ1n) is 9.21. The number of aromatic nitrogens is 2. The highest BCUT2D eigenvalue weighted by Gasteiger charge is 2.11. The molecule has 6 nitrogen and oxygen atoms in total. The number of carbonyl (C=O) groups excluding carboxylic acids is 1. The molecule has 0 saturated carbocycles. The maximum Gasteiger partial charge on any atom is 0.225 e. The Balaban J connectivity index is 1.52. The lowest BCUT2D eigenvalue weighted by atomic mass is 10.1. The van der Waals surface area contributed by atoms with Gasteiger partial charge in [0.2, 0.25) is 11.0 Å². The summed E-state index contributed by atoms with van der Waals surface area (Å²) >= 11 is 2.97. The van der Waals surface area contributed by atoms with Crippen LogP contribution in [-0.4, -0.2) is 21.9 Å². The second kappa shape index (κ2) is 10.0. The number of benzene rings is 2. The summed E-state index contributed by atoms with van der Waals surface area (Å²) in [6, 6.07) is 15.3. The molecular weight excluding hydrogens is 402 g/mol. The molecule has 0 aliphatic heterocycles. The number of hydrogen-bond acceptors (Lipinski definition) is 7. The van der Waals surface area contributed by atoms with Crippen LogP contribution in [-0.2, 0) is 11.2 Å². The van der Waals surface area contributed by atoms with Crippen LogP contribution in [0.15, 0.2) is 46.8 Å². The van der Waals surface area contributed by atoms with E-state index in [1.54, 1.807) is 24.3 Å². The van der Waals surface area contributed by atoms with Gasteiger partial charge in [-0.05, 0) is 36.6 Å². The highest BCUT2D eigenvalue weighted by atomic mass is 32.2. The van der Waals surface area contributed by atoms with Crippen molar-refractivity contribution < 1.29 is 4.79 Å². The molecule has 0 atom stereocenters. The maximum absolute atomic E-state index is 12.1. The Morgan fingerprint density at radius 3 is 2.83 bits per heavy atom. The molecule has 1 aromatic heterocycles. The fourth-order valence-electron chi connectivity index (χ4n) is 2.76. The van der Waals surface area contributed by atoms with Crippen LogP contribution in [0.2, 0.25) is 0 Å². The molecule has 0 saturated heterocycles. The highest BCUT2D eigenvalue weighted by Crippen LogP contribution is 2.31. The molecule has 29 heavy (non-hydrogen) atoms. The minimum absolute atomic E-state index is 0.129. The van der Waals surface area contributed by atoms with E-state index in [2.05, 4.69) is 58.9 Å². The number of nitrogens with one attached hydrogen (secondary N) is 2. The predicted octanol–water partition coefficient (Wildman–Crippen LogP) is 5.15. The van der Waals surface area contributed by atoms with Gasteiger partial charge in [-0.1, -0.05) is 60.4 Å². The molecule has 0 bridgehead atoms. The lowest BCUT2D eigenvalue weighted by molar-refractivity contribution is -0.115. The minimum Gasteiger partial charge on any atom is -0.330 e. The van der Waals surface area contributed by atoms with Crippen molar-refractivity contribution in [1.82, 2.24) is 10.2 Å². The number of nitriles is 1. The molecule has 0 aliphatic carbocycles. The molecule has 0 fully saturated rings. The number of aryl methyl sites for hydroxylation is 2. The van der Waals surface area contributed by atoms with Crippen molar-refractivity contribution in [2.24, 2.45) is 0 Å². The molecule has 0 radical (unpaired) electrons. The zero-order chi connectivity index (χ0) is 20.6. The first kappa shape index (κ1) is 20.8. The summed E-state index contributed by atoms with van der Waals surface area (Å²) in [5.41, 5.74) is 4.48. The van der Waals surface area contributed by atoms with Gasteiger partial charge in [-0.2, -0.15) is 5.26 Å². The third-order valence-corrected chi connectivity index (χ3v) is 6.23. The largest absolute Gasteiger partial charge is 0.330 e. The number of para-hydroxylation sites is 2. The Morgan fingerprint density at radius 2 is 2.03 bits per heavy atom. The number of rotatable bonds is 8. The summed E-state index contributed by atoms with van der Waals surface area (Å²) in [6.45, 7) is 4.20. The van der Waals surface area contributed by atoms with Gasteiger partial charge in [-0.3, -0.25) is 4.79 Å². The van der Waals surface area contributed by atoms with Crippen LogP contribution in [0.3, 0.4) is 0 Å². The second-order valence-corrected chi connectivity index (χ2v) is 8.58. The Bertz CT molecular complexity index is 1040. The summed E-state index contributed by atoms with van der Waals surface area (Å²) in [5, 5.41) is 24.4. The summed E-state index contributed by atoms with van der Waals surface area (Å²) in [7, 11) is 0. The number of hydrogen-bond donors (Lipinski definition) is 2. The maximum atomic E-state index is 12.1. The van der Waals surface area contributed by atoms with Crippen molar-refractivity contribution in [3.05, 3.63) is 59.2 Å². The van der Waals surface area contributed by atoms with Gasteiger partial charge in [0.15, 0.2) is 4.34 Å². The predicted molar refractivity (Wildman–Crippen MR) is 119 cm³/mol. The molecule has 3 rings (SSSR count). The molecule has 0 spiro atoms. The minimum atomic E-state index is -0.129. The van der Waals surface area contributed by atoms with Gasteiger partial charge >= 0.3 is 0 Å². The van der Waals surface area contributed by atoms with Crippen LogP contribution >= 0.6 is 23.1 Å². The molecule has 2 aromatic carbocycles. The monoisotopic (exact) mass is 423 g/mol. The van der Waals surface area contributed by atoms with Crippen molar-refractivity contribution in [2.75, 3.05) is 16.4 Å². The average molecular weight is 424 g/mol. The lowest BCUT2D eigenvalue weighted by Gasteiger charge is -2.11. The number of thioether (sulfide) groups is 1. The molecule has 2 N–H and O–H groups in total. The Hall–Kier alpha value is -2.89. The third kappa shape index (κ3) is 5.56. The first-order chi connectivity index (χ1) is 14.1. The second-order valence-electron chi connectivity index (χ2n) is 6.26. The van der Waals surface area contributed by atoms with E-state index in [0.29, 0.717) is 23.4 Å². The van der Waals surface area contributed by atoms with Crippen LogP contribution in [0.25, 0.3) is 0 Å². The summed E-state index contributed by atoms with van der Waals surface area (Å²) in [5.74, 6) is 0.454. The van der Waals surface area contributed by atoms with Gasteiger partial charge in [-0.15, -0.1) is 10.2 Å². The van der Waals surface area contributed by atoms with Gasteiger partial charge in [0.1, 0.15) is 6.07 Å². The van der Waals surface area contributed by atoms with Gasteiger partial charge in [0.25, 0.3) is 0 Å². The fraction of sp³-hybridized carbons (Fsp3) is 0.238. The molecule has 148 valence electrons. The van der Waals surface area contributed by atoms with Gasteiger partial charge in [0, 0.05) is 17.9 Å². The van der Waals surface area contributed by atoms with Crippen molar-refractivity contribution in [2.45, 2.75) is 31.0 Å². The van der Waals surface area contributed by atoms with Crippen molar-refractivity contribution >= 4 is 45.5 Å². The van der Waals surface area contributed by atoms with E-state index in [9.17, 15) is 4.79 Å². The fourth-order valence-corrected chi connectivity index (χ4v) is 4.53. The normalized spacial score (nSPS) is 10.4. The molecule has 1 heterocycles. The first-order valence-corrected chi connectivity index (χ1v) is 11.0. The van der Waals surface area contributed by atoms with Crippen LogP contribution < -0.4 is 10.6 Å². The molecule has 0 aliphatic rings. The molecule has 0 unspecified atom stereocenters. The SMILES string of the molecule is CCc1cccc(C)c1Nc1nnc(SCCC(=O)Nc2ccccc2C#N)s1.